The normalized spacial score (nSPS) is 23.9. The van der Waals surface area contributed by atoms with Gasteiger partial charge in [0.25, 0.3) is 0 Å². The molecule has 1 fully saturated rings. The van der Waals surface area contributed by atoms with Crippen molar-refractivity contribution in [3.8, 4) is 0 Å². The van der Waals surface area contributed by atoms with Crippen LogP contribution in [0.5, 0.6) is 0 Å². The molecule has 0 amide bonds. The minimum Gasteiger partial charge on any atom is -0.389 e. The standard InChI is InChI=1S/C15H10O3/c16-14-12-8-4-7-11(13(12)15(17)18-14)9-10-5-2-1-3-6-10/h1-9,13H. The maximum absolute atomic E-state index is 11.7. The van der Waals surface area contributed by atoms with Gasteiger partial charge in [-0.05, 0) is 11.1 Å². The summed E-state index contributed by atoms with van der Waals surface area (Å²) < 4.78 is 4.65. The monoisotopic (exact) mass is 238 g/mol. The average Bonchev–Trinajstić information content (AvgIpc) is 2.67. The van der Waals surface area contributed by atoms with Gasteiger partial charge in [-0.2, -0.15) is 0 Å². The van der Waals surface area contributed by atoms with Gasteiger partial charge in [0.2, 0.25) is 0 Å². The molecule has 1 heterocycles. The van der Waals surface area contributed by atoms with E-state index in [0.717, 1.165) is 11.1 Å². The van der Waals surface area contributed by atoms with Crippen molar-refractivity contribution in [3.63, 3.8) is 0 Å². The van der Waals surface area contributed by atoms with E-state index < -0.39 is 17.9 Å². The van der Waals surface area contributed by atoms with E-state index in [0.29, 0.717) is 5.57 Å². The van der Waals surface area contributed by atoms with Gasteiger partial charge >= 0.3 is 11.9 Å². The molecule has 88 valence electrons. The summed E-state index contributed by atoms with van der Waals surface area (Å²) in [6.07, 6.45) is 7.13. The largest absolute Gasteiger partial charge is 0.389 e. The van der Waals surface area contributed by atoms with E-state index in [9.17, 15) is 9.59 Å². The quantitative estimate of drug-likeness (QED) is 0.556. The number of rotatable bonds is 1. The van der Waals surface area contributed by atoms with Gasteiger partial charge in [0, 0.05) is 0 Å². The highest BCUT2D eigenvalue weighted by Crippen LogP contribution is 2.34. The Bertz CT molecular complexity index is 606. The minimum absolute atomic E-state index is 0.421. The van der Waals surface area contributed by atoms with E-state index in [1.807, 2.05) is 42.5 Å². The lowest BCUT2D eigenvalue weighted by atomic mass is 9.87. The van der Waals surface area contributed by atoms with Crippen molar-refractivity contribution < 1.29 is 14.3 Å². The first-order valence-electron chi connectivity index (χ1n) is 5.66. The summed E-state index contributed by atoms with van der Waals surface area (Å²) in [6.45, 7) is 0. The van der Waals surface area contributed by atoms with Gasteiger partial charge in [0.05, 0.1) is 5.57 Å². The molecule has 3 rings (SSSR count). The van der Waals surface area contributed by atoms with E-state index in [2.05, 4.69) is 4.74 Å². The number of allylic oxidation sites excluding steroid dienone is 3. The van der Waals surface area contributed by atoms with Crippen LogP contribution in [0.4, 0.5) is 0 Å². The number of hydrogen-bond donors (Lipinski definition) is 0. The molecule has 1 saturated heterocycles. The van der Waals surface area contributed by atoms with Crippen LogP contribution in [0.15, 0.2) is 59.7 Å². The number of benzene rings is 1. The third-order valence-electron chi connectivity index (χ3n) is 3.01. The first-order valence-corrected chi connectivity index (χ1v) is 5.66. The summed E-state index contributed by atoms with van der Waals surface area (Å²) in [5.41, 5.74) is 2.20. The Morgan fingerprint density at radius 1 is 1.11 bits per heavy atom. The van der Waals surface area contributed by atoms with Gasteiger partial charge in [-0.15, -0.1) is 0 Å². The zero-order valence-corrected chi connectivity index (χ0v) is 9.50. The van der Waals surface area contributed by atoms with Gasteiger partial charge in [-0.3, -0.25) is 4.79 Å². The van der Waals surface area contributed by atoms with Crippen molar-refractivity contribution in [3.05, 3.63) is 65.3 Å². The fourth-order valence-electron chi connectivity index (χ4n) is 2.17. The number of carbonyl (C=O) groups excluding carboxylic acids is 2. The van der Waals surface area contributed by atoms with E-state index in [1.54, 1.807) is 12.2 Å². The molecule has 1 aliphatic heterocycles. The predicted octanol–water partition coefficient (Wildman–Crippen LogP) is 2.27. The average molecular weight is 238 g/mol. The van der Waals surface area contributed by atoms with Crippen molar-refractivity contribution >= 4 is 18.0 Å². The number of ether oxygens (including phenoxy) is 1. The Balaban J connectivity index is 2.02. The first kappa shape index (κ1) is 10.7. The second-order valence-corrected chi connectivity index (χ2v) is 4.18. The highest BCUT2D eigenvalue weighted by Gasteiger charge is 2.41. The molecule has 0 N–H and O–H groups in total. The SMILES string of the molecule is O=C1OC(=O)C2C(=Cc3ccccc3)C=CC=C12. The van der Waals surface area contributed by atoms with Gasteiger partial charge in [-0.1, -0.05) is 54.6 Å². The molecule has 2 aliphatic rings. The Morgan fingerprint density at radius 2 is 1.89 bits per heavy atom. The van der Waals surface area contributed by atoms with Crippen LogP contribution in [0.1, 0.15) is 5.56 Å². The van der Waals surface area contributed by atoms with Crippen molar-refractivity contribution in [2.45, 2.75) is 0 Å². The van der Waals surface area contributed by atoms with Crippen molar-refractivity contribution in [2.75, 3.05) is 0 Å². The smallest absolute Gasteiger partial charge is 0.342 e. The van der Waals surface area contributed by atoms with Gasteiger partial charge in [0.1, 0.15) is 5.92 Å². The van der Waals surface area contributed by atoms with Crippen LogP contribution >= 0.6 is 0 Å². The lowest BCUT2D eigenvalue weighted by Gasteiger charge is -2.11. The lowest BCUT2D eigenvalue weighted by Crippen LogP contribution is -2.13. The molecular formula is C15H10O3. The maximum atomic E-state index is 11.7. The van der Waals surface area contributed by atoms with Gasteiger partial charge in [-0.25, -0.2) is 4.79 Å². The Kier molecular flexibility index (Phi) is 2.45. The summed E-state index contributed by atoms with van der Waals surface area (Å²) in [7, 11) is 0. The molecular weight excluding hydrogens is 228 g/mol. The molecule has 0 saturated carbocycles. The third kappa shape index (κ3) is 1.70. The zero-order valence-electron chi connectivity index (χ0n) is 9.50. The molecule has 0 bridgehead atoms. The molecule has 0 spiro atoms. The van der Waals surface area contributed by atoms with Crippen LogP contribution in [0.3, 0.4) is 0 Å². The highest BCUT2D eigenvalue weighted by molar-refractivity contribution is 6.10. The fourth-order valence-corrected chi connectivity index (χ4v) is 2.17. The van der Waals surface area contributed by atoms with Crippen LogP contribution in [0, 0.1) is 5.92 Å². The molecule has 1 aliphatic carbocycles. The molecule has 18 heavy (non-hydrogen) atoms. The van der Waals surface area contributed by atoms with Crippen molar-refractivity contribution in [2.24, 2.45) is 5.92 Å². The van der Waals surface area contributed by atoms with Gasteiger partial charge < -0.3 is 4.74 Å². The Labute approximate surface area is 104 Å². The van der Waals surface area contributed by atoms with Crippen molar-refractivity contribution in [1.82, 2.24) is 0 Å². The Hall–Kier alpha value is -2.42. The topological polar surface area (TPSA) is 43.4 Å². The Morgan fingerprint density at radius 3 is 2.67 bits per heavy atom. The van der Waals surface area contributed by atoms with E-state index >= 15 is 0 Å². The summed E-state index contributed by atoms with van der Waals surface area (Å²) in [6, 6.07) is 9.67. The number of esters is 2. The summed E-state index contributed by atoms with van der Waals surface area (Å²) in [5, 5.41) is 0. The van der Waals surface area contributed by atoms with E-state index in [1.165, 1.54) is 0 Å². The molecule has 0 radical (unpaired) electrons. The molecule has 1 aromatic carbocycles. The number of carbonyl (C=O) groups is 2. The third-order valence-corrected chi connectivity index (χ3v) is 3.01. The minimum atomic E-state index is -0.567. The lowest BCUT2D eigenvalue weighted by molar-refractivity contribution is -0.152. The fraction of sp³-hybridized carbons (Fsp3) is 0.0667. The molecule has 1 atom stereocenters. The summed E-state index contributed by atoms with van der Waals surface area (Å²) >= 11 is 0. The maximum Gasteiger partial charge on any atom is 0.342 e. The first-order chi connectivity index (χ1) is 8.75. The van der Waals surface area contributed by atoms with Crippen LogP contribution < -0.4 is 0 Å². The second-order valence-electron chi connectivity index (χ2n) is 4.18. The summed E-state index contributed by atoms with van der Waals surface area (Å²) in [5.74, 6) is -1.59. The highest BCUT2D eigenvalue weighted by atomic mass is 16.6. The van der Waals surface area contributed by atoms with Crippen LogP contribution in [0.25, 0.3) is 6.08 Å². The van der Waals surface area contributed by atoms with Crippen LogP contribution in [-0.4, -0.2) is 11.9 Å². The van der Waals surface area contributed by atoms with E-state index in [4.69, 9.17) is 0 Å². The molecule has 0 aromatic heterocycles. The molecule has 3 heteroatoms. The molecule has 3 nitrogen and oxygen atoms in total. The summed E-state index contributed by atoms with van der Waals surface area (Å²) in [4.78, 5) is 23.1. The van der Waals surface area contributed by atoms with Crippen LogP contribution in [0.2, 0.25) is 0 Å². The zero-order chi connectivity index (χ0) is 12.5. The van der Waals surface area contributed by atoms with E-state index in [-0.39, 0.29) is 0 Å². The number of hydrogen-bond acceptors (Lipinski definition) is 3. The second kappa shape index (κ2) is 4.11. The number of cyclic esters (lactones) is 2. The van der Waals surface area contributed by atoms with Gasteiger partial charge in [0.15, 0.2) is 0 Å². The predicted molar refractivity (Wildman–Crippen MR) is 66.2 cm³/mol. The molecule has 1 aromatic rings. The molecule has 1 unspecified atom stereocenters. The van der Waals surface area contributed by atoms with Crippen LogP contribution in [-0.2, 0) is 14.3 Å². The van der Waals surface area contributed by atoms with Crippen molar-refractivity contribution in [1.29, 1.82) is 0 Å². The number of fused-ring (bicyclic) bond motifs is 1.